The number of para-hydroxylation sites is 1. The number of rotatable bonds is 7. The molecule has 3 heterocycles. The van der Waals surface area contributed by atoms with Crippen LogP contribution in [-0.2, 0) is 10.5 Å². The lowest BCUT2D eigenvalue weighted by molar-refractivity contribution is -0.117. The molecule has 2 aromatic heterocycles. The van der Waals surface area contributed by atoms with E-state index in [1.807, 2.05) is 0 Å². The zero-order valence-electron chi connectivity index (χ0n) is 20.2. The summed E-state index contributed by atoms with van der Waals surface area (Å²) in [5, 5.41) is 20.6. The average molecular weight is 612 g/mol. The minimum atomic E-state index is -1.10. The van der Waals surface area contributed by atoms with Crippen LogP contribution in [0.3, 0.4) is 0 Å². The number of aromatic nitrogens is 2. The molecule has 0 radical (unpaired) electrons. The number of aliphatic hydroxyl groups excluding tert-OH is 1. The molecule has 0 aliphatic carbocycles. The summed E-state index contributed by atoms with van der Waals surface area (Å²) < 4.78 is 20.3. The predicted octanol–water partition coefficient (Wildman–Crippen LogP) is 7.81. The Hall–Kier alpha value is -3.70. The first-order chi connectivity index (χ1) is 19.3. The largest absolute Gasteiger partial charge is 0.503 e. The van der Waals surface area contributed by atoms with Gasteiger partial charge in [0.15, 0.2) is 15.9 Å². The maximum Gasteiger partial charge on any atom is 0.296 e. The summed E-state index contributed by atoms with van der Waals surface area (Å²) >= 11 is 14.7. The van der Waals surface area contributed by atoms with Gasteiger partial charge in [-0.3, -0.25) is 14.5 Å². The Balaban J connectivity index is 1.38. The highest BCUT2D eigenvalue weighted by Crippen LogP contribution is 2.45. The molecule has 1 N–H and O–H groups in total. The van der Waals surface area contributed by atoms with Gasteiger partial charge in [-0.1, -0.05) is 88.8 Å². The Kier molecular flexibility index (Phi) is 7.09. The van der Waals surface area contributed by atoms with Gasteiger partial charge in [0.1, 0.15) is 11.4 Å². The molecule has 3 aromatic carbocycles. The van der Waals surface area contributed by atoms with Crippen molar-refractivity contribution in [1.82, 2.24) is 10.2 Å². The van der Waals surface area contributed by atoms with Crippen LogP contribution in [0.15, 0.2) is 92.9 Å². The maximum atomic E-state index is 14.1. The number of amides is 1. The van der Waals surface area contributed by atoms with E-state index in [9.17, 15) is 19.1 Å². The highest BCUT2D eigenvalue weighted by molar-refractivity contribution is 8.00. The van der Waals surface area contributed by atoms with Gasteiger partial charge in [-0.25, -0.2) is 4.39 Å². The van der Waals surface area contributed by atoms with Crippen molar-refractivity contribution in [3.8, 4) is 0 Å². The van der Waals surface area contributed by atoms with Crippen molar-refractivity contribution in [3.05, 3.63) is 117 Å². The molecule has 1 amide bonds. The molecule has 0 saturated carbocycles. The number of nitrogens with zero attached hydrogens (tertiary/aromatic N) is 3. The minimum Gasteiger partial charge on any atom is -0.503 e. The van der Waals surface area contributed by atoms with Gasteiger partial charge in [0, 0.05) is 11.1 Å². The Labute approximate surface area is 244 Å². The predicted molar refractivity (Wildman–Crippen MR) is 153 cm³/mol. The molecule has 1 aliphatic heterocycles. The molecular weight excluding hydrogens is 596 g/mol. The highest BCUT2D eigenvalue weighted by atomic mass is 35.5. The molecule has 0 fully saturated rings. The van der Waals surface area contributed by atoms with Crippen LogP contribution < -0.4 is 4.90 Å². The summed E-state index contributed by atoms with van der Waals surface area (Å²) in [7, 11) is 0. The first-order valence-electron chi connectivity index (χ1n) is 11.8. The van der Waals surface area contributed by atoms with Crippen LogP contribution in [0.25, 0.3) is 11.0 Å². The van der Waals surface area contributed by atoms with Gasteiger partial charge < -0.3 is 9.52 Å². The Morgan fingerprint density at radius 2 is 1.82 bits per heavy atom. The van der Waals surface area contributed by atoms with Crippen LogP contribution >= 0.6 is 46.3 Å². The number of halogens is 3. The third-order valence-corrected chi connectivity index (χ3v) is 9.12. The van der Waals surface area contributed by atoms with E-state index in [1.54, 1.807) is 54.6 Å². The smallest absolute Gasteiger partial charge is 0.296 e. The fraction of sp³-hybridized carbons (Fsp3) is 0.0714. The molecule has 12 heteroatoms. The molecule has 7 nitrogen and oxygen atoms in total. The van der Waals surface area contributed by atoms with Crippen molar-refractivity contribution in [2.45, 2.75) is 16.1 Å². The van der Waals surface area contributed by atoms with E-state index in [4.69, 9.17) is 27.6 Å². The van der Waals surface area contributed by atoms with Gasteiger partial charge in [0.25, 0.3) is 5.91 Å². The van der Waals surface area contributed by atoms with E-state index >= 15 is 0 Å². The lowest BCUT2D eigenvalue weighted by Gasteiger charge is -2.24. The van der Waals surface area contributed by atoms with E-state index in [0.717, 1.165) is 11.3 Å². The van der Waals surface area contributed by atoms with Crippen LogP contribution in [0.1, 0.15) is 27.7 Å². The Bertz CT molecular complexity index is 1800. The number of fused-ring (bicyclic) bond motifs is 1. The number of furan rings is 1. The minimum absolute atomic E-state index is 0.0409. The fourth-order valence-corrected chi connectivity index (χ4v) is 6.53. The summed E-state index contributed by atoms with van der Waals surface area (Å²) in [6.07, 6.45) is 0. The van der Waals surface area contributed by atoms with E-state index in [-0.39, 0.29) is 32.3 Å². The van der Waals surface area contributed by atoms with Crippen molar-refractivity contribution in [1.29, 1.82) is 0 Å². The van der Waals surface area contributed by atoms with Crippen molar-refractivity contribution >= 4 is 74.1 Å². The maximum absolute atomic E-state index is 14.1. The molecule has 5 aromatic rings. The number of carbonyl (C=O) groups excluding carboxylic acids is 2. The Morgan fingerprint density at radius 1 is 1.05 bits per heavy atom. The fourth-order valence-electron chi connectivity index (χ4n) is 4.37. The molecule has 200 valence electrons. The van der Waals surface area contributed by atoms with E-state index in [0.29, 0.717) is 32.2 Å². The number of aliphatic hydroxyl groups is 1. The summed E-state index contributed by atoms with van der Waals surface area (Å²) in [4.78, 5) is 28.4. The number of hydrogen-bond donors (Lipinski definition) is 1. The molecule has 1 unspecified atom stereocenters. The van der Waals surface area contributed by atoms with Gasteiger partial charge in [-0.15, -0.1) is 10.2 Å². The second-order valence-electron chi connectivity index (χ2n) is 8.72. The van der Waals surface area contributed by atoms with Gasteiger partial charge in [0.05, 0.1) is 21.7 Å². The summed E-state index contributed by atoms with van der Waals surface area (Å²) in [5.74, 6) is -2.32. The SMILES string of the molecule is O=C(C1=C(O)C(=O)N(c2nnc(SCc3ccccc3F)s2)C1c1ccc(Cl)c(Cl)c1)c1cc2ccccc2o1. The average Bonchev–Trinajstić information content (AvgIpc) is 3.66. The molecule has 0 bridgehead atoms. The van der Waals surface area contributed by atoms with E-state index in [2.05, 4.69) is 10.2 Å². The van der Waals surface area contributed by atoms with Gasteiger partial charge in [0.2, 0.25) is 10.9 Å². The zero-order chi connectivity index (χ0) is 28.0. The molecule has 0 spiro atoms. The van der Waals surface area contributed by atoms with Crippen LogP contribution in [-0.4, -0.2) is 27.0 Å². The van der Waals surface area contributed by atoms with Crippen LogP contribution in [0.5, 0.6) is 0 Å². The summed E-state index contributed by atoms with van der Waals surface area (Å²) in [6.45, 7) is 0. The monoisotopic (exact) mass is 611 g/mol. The molecular formula is C28H16Cl2FN3O4S2. The first-order valence-corrected chi connectivity index (χ1v) is 14.3. The van der Waals surface area contributed by atoms with Crippen molar-refractivity contribution < 1.29 is 23.5 Å². The summed E-state index contributed by atoms with van der Waals surface area (Å²) in [6, 6.07) is 18.6. The number of Topliss-reactive ketones (excluding diaryl/α,β-unsaturated/α-hetero) is 1. The van der Waals surface area contributed by atoms with E-state index < -0.39 is 23.5 Å². The lowest BCUT2D eigenvalue weighted by atomic mass is 9.95. The third kappa shape index (κ3) is 4.77. The second-order valence-corrected chi connectivity index (χ2v) is 11.7. The number of carbonyl (C=O) groups is 2. The number of thioether (sulfide) groups is 1. The highest BCUT2D eigenvalue weighted by Gasteiger charge is 2.47. The second kappa shape index (κ2) is 10.7. The van der Waals surface area contributed by atoms with Gasteiger partial charge in [-0.2, -0.15) is 0 Å². The van der Waals surface area contributed by atoms with Crippen LogP contribution in [0.4, 0.5) is 9.52 Å². The van der Waals surface area contributed by atoms with Gasteiger partial charge >= 0.3 is 0 Å². The summed E-state index contributed by atoms with van der Waals surface area (Å²) in [5.41, 5.74) is 1.20. The Morgan fingerprint density at radius 3 is 2.60 bits per heavy atom. The van der Waals surface area contributed by atoms with Crippen LogP contribution in [0.2, 0.25) is 10.0 Å². The van der Waals surface area contributed by atoms with E-state index in [1.165, 1.54) is 34.9 Å². The lowest BCUT2D eigenvalue weighted by Crippen LogP contribution is -2.31. The first kappa shape index (κ1) is 26.5. The van der Waals surface area contributed by atoms with Crippen molar-refractivity contribution in [2.24, 2.45) is 0 Å². The number of hydrogen-bond acceptors (Lipinski definition) is 8. The molecule has 40 heavy (non-hydrogen) atoms. The molecule has 0 saturated heterocycles. The van der Waals surface area contributed by atoms with Gasteiger partial charge in [-0.05, 0) is 41.5 Å². The topological polar surface area (TPSA) is 96.5 Å². The molecule has 1 atom stereocenters. The molecule has 1 aliphatic rings. The number of anilines is 1. The normalized spacial score (nSPS) is 15.4. The number of benzene rings is 3. The quantitative estimate of drug-likeness (QED) is 0.114. The van der Waals surface area contributed by atoms with Crippen LogP contribution in [0, 0.1) is 5.82 Å². The van der Waals surface area contributed by atoms with Crippen molar-refractivity contribution in [3.63, 3.8) is 0 Å². The molecule has 6 rings (SSSR count). The van der Waals surface area contributed by atoms with Crippen molar-refractivity contribution in [2.75, 3.05) is 4.90 Å². The zero-order valence-corrected chi connectivity index (χ0v) is 23.3. The third-order valence-electron chi connectivity index (χ3n) is 6.27. The standard InChI is InChI=1S/C28H16Cl2FN3O4S2/c29-17-10-9-15(11-18(17)30)23-22(24(35)21-12-14-5-2-4-8-20(14)38-21)25(36)26(37)34(23)27-32-33-28(40-27)39-13-16-6-1-3-7-19(16)31/h1-12,23,36H,13H2. The number of ketones is 1.